The van der Waals surface area contributed by atoms with Crippen molar-refractivity contribution in [1.82, 2.24) is 20.1 Å². The lowest BCUT2D eigenvalue weighted by atomic mass is 10.2. The van der Waals surface area contributed by atoms with Gasteiger partial charge in [0.2, 0.25) is 0 Å². The summed E-state index contributed by atoms with van der Waals surface area (Å²) in [5, 5.41) is 11.4. The second-order valence-corrected chi connectivity index (χ2v) is 4.83. The van der Waals surface area contributed by atoms with E-state index in [1.54, 1.807) is 7.11 Å². The highest BCUT2D eigenvalue weighted by atomic mass is 16.5. The third-order valence-electron chi connectivity index (χ3n) is 3.26. The van der Waals surface area contributed by atoms with Crippen molar-refractivity contribution in [3.05, 3.63) is 41.5 Å². The maximum Gasteiger partial charge on any atom is 0.170 e. The molecular weight excluding hydrogens is 268 g/mol. The minimum atomic E-state index is 0.415. The Balaban J connectivity index is 1.87. The van der Waals surface area contributed by atoms with Crippen LogP contribution in [-0.4, -0.2) is 35.0 Å². The molecule has 1 aromatic carbocycles. The summed E-state index contributed by atoms with van der Waals surface area (Å²) in [7, 11) is 3.63. The highest BCUT2D eigenvalue weighted by Gasteiger charge is 2.05. The third kappa shape index (κ3) is 4.54. The number of hydrogen-bond acceptors (Lipinski definition) is 5. The van der Waals surface area contributed by atoms with E-state index in [2.05, 4.69) is 21.6 Å². The number of nitrogens with zero attached hydrogens (tertiary/aromatic N) is 3. The summed E-state index contributed by atoms with van der Waals surface area (Å²) < 4.78 is 12.7. The molecule has 6 heteroatoms. The highest BCUT2D eigenvalue weighted by molar-refractivity contribution is 5.28. The second kappa shape index (κ2) is 7.75. The Morgan fingerprint density at radius 3 is 2.86 bits per heavy atom. The molecule has 0 bridgehead atoms. The normalized spacial score (nSPS) is 10.8. The monoisotopic (exact) mass is 290 g/mol. The van der Waals surface area contributed by atoms with Crippen molar-refractivity contribution in [2.45, 2.75) is 20.1 Å². The molecule has 1 N–H and O–H groups in total. The van der Waals surface area contributed by atoms with Gasteiger partial charge in [-0.3, -0.25) is 0 Å². The van der Waals surface area contributed by atoms with Gasteiger partial charge in [-0.25, -0.2) is 0 Å². The van der Waals surface area contributed by atoms with E-state index in [1.807, 2.05) is 36.7 Å². The molecule has 0 fully saturated rings. The van der Waals surface area contributed by atoms with Crippen LogP contribution in [0.15, 0.2) is 24.3 Å². The summed E-state index contributed by atoms with van der Waals surface area (Å²) in [5.41, 5.74) is 1.18. The van der Waals surface area contributed by atoms with Gasteiger partial charge in [-0.2, -0.15) is 0 Å². The van der Waals surface area contributed by atoms with E-state index in [9.17, 15) is 0 Å². The number of rotatable bonds is 8. The third-order valence-corrected chi connectivity index (χ3v) is 3.26. The van der Waals surface area contributed by atoms with E-state index in [-0.39, 0.29) is 0 Å². The number of aromatic nitrogens is 3. The summed E-state index contributed by atoms with van der Waals surface area (Å²) in [6.45, 7) is 4.67. The quantitative estimate of drug-likeness (QED) is 0.745. The van der Waals surface area contributed by atoms with Gasteiger partial charge in [0.15, 0.2) is 5.82 Å². The summed E-state index contributed by atoms with van der Waals surface area (Å²) in [4.78, 5) is 0. The van der Waals surface area contributed by atoms with E-state index in [4.69, 9.17) is 9.47 Å². The van der Waals surface area contributed by atoms with Crippen LogP contribution in [0.3, 0.4) is 0 Å². The molecule has 2 aromatic rings. The van der Waals surface area contributed by atoms with Gasteiger partial charge >= 0.3 is 0 Å². The van der Waals surface area contributed by atoms with E-state index >= 15 is 0 Å². The molecular formula is C15H22N4O2. The fourth-order valence-electron chi connectivity index (χ4n) is 1.88. The van der Waals surface area contributed by atoms with Gasteiger partial charge in [0.05, 0.1) is 6.61 Å². The molecule has 0 aliphatic carbocycles. The molecule has 0 saturated carbocycles. The van der Waals surface area contributed by atoms with Gasteiger partial charge in [-0.05, 0) is 24.6 Å². The standard InChI is InChI=1S/C15H22N4O2/c1-12-17-18-15(19(12)2)11-21-14-6-4-5-13(9-14)10-16-7-8-20-3/h4-6,9,16H,7-8,10-11H2,1-3H3. The molecule has 1 aromatic heterocycles. The largest absolute Gasteiger partial charge is 0.486 e. The van der Waals surface area contributed by atoms with Crippen molar-refractivity contribution in [2.24, 2.45) is 7.05 Å². The van der Waals surface area contributed by atoms with Gasteiger partial charge in [0.25, 0.3) is 0 Å². The van der Waals surface area contributed by atoms with Crippen molar-refractivity contribution in [2.75, 3.05) is 20.3 Å². The van der Waals surface area contributed by atoms with E-state index < -0.39 is 0 Å². The zero-order valence-electron chi connectivity index (χ0n) is 12.8. The first-order valence-electron chi connectivity index (χ1n) is 6.97. The van der Waals surface area contributed by atoms with Gasteiger partial charge in [0, 0.05) is 27.2 Å². The minimum Gasteiger partial charge on any atom is -0.486 e. The Morgan fingerprint density at radius 2 is 2.14 bits per heavy atom. The molecule has 1 heterocycles. The van der Waals surface area contributed by atoms with Gasteiger partial charge in [-0.1, -0.05) is 12.1 Å². The van der Waals surface area contributed by atoms with Crippen LogP contribution in [0.5, 0.6) is 5.75 Å². The molecule has 114 valence electrons. The predicted octanol–water partition coefficient (Wildman–Crippen LogP) is 1.44. The van der Waals surface area contributed by atoms with Crippen LogP contribution in [0.25, 0.3) is 0 Å². The zero-order valence-corrected chi connectivity index (χ0v) is 12.8. The fraction of sp³-hybridized carbons (Fsp3) is 0.467. The first kappa shape index (κ1) is 15.5. The molecule has 0 atom stereocenters. The van der Waals surface area contributed by atoms with Crippen LogP contribution >= 0.6 is 0 Å². The van der Waals surface area contributed by atoms with Crippen LogP contribution < -0.4 is 10.1 Å². The Labute approximate surface area is 125 Å². The molecule has 0 unspecified atom stereocenters. The number of aryl methyl sites for hydroxylation is 1. The summed E-state index contributed by atoms with van der Waals surface area (Å²) >= 11 is 0. The van der Waals surface area contributed by atoms with Gasteiger partial charge in [-0.15, -0.1) is 10.2 Å². The Bertz CT molecular complexity index is 569. The second-order valence-electron chi connectivity index (χ2n) is 4.83. The molecule has 6 nitrogen and oxygen atoms in total. The lowest BCUT2D eigenvalue weighted by molar-refractivity contribution is 0.199. The first-order valence-corrected chi connectivity index (χ1v) is 6.97. The number of methoxy groups -OCH3 is 1. The topological polar surface area (TPSA) is 61.2 Å². The van der Waals surface area contributed by atoms with Crippen LogP contribution in [0.1, 0.15) is 17.2 Å². The SMILES string of the molecule is COCCNCc1cccc(OCc2nnc(C)n2C)c1. The minimum absolute atomic E-state index is 0.415. The predicted molar refractivity (Wildman–Crippen MR) is 80.1 cm³/mol. The molecule has 0 radical (unpaired) electrons. The van der Waals surface area contributed by atoms with Crippen molar-refractivity contribution in [3.8, 4) is 5.75 Å². The van der Waals surface area contributed by atoms with Crippen molar-refractivity contribution >= 4 is 0 Å². The zero-order chi connectivity index (χ0) is 15.1. The average molecular weight is 290 g/mol. The van der Waals surface area contributed by atoms with Gasteiger partial charge < -0.3 is 19.4 Å². The van der Waals surface area contributed by atoms with Crippen molar-refractivity contribution in [3.63, 3.8) is 0 Å². The van der Waals surface area contributed by atoms with Crippen LogP contribution in [0.2, 0.25) is 0 Å². The van der Waals surface area contributed by atoms with E-state index in [1.165, 1.54) is 5.56 Å². The van der Waals surface area contributed by atoms with Crippen LogP contribution in [0, 0.1) is 6.92 Å². The highest BCUT2D eigenvalue weighted by Crippen LogP contribution is 2.14. The molecule has 0 aliphatic rings. The summed E-state index contributed by atoms with van der Waals surface area (Å²) in [6.07, 6.45) is 0. The van der Waals surface area contributed by atoms with E-state index in [0.717, 1.165) is 30.5 Å². The maximum atomic E-state index is 5.78. The maximum absolute atomic E-state index is 5.78. The molecule has 2 rings (SSSR count). The first-order chi connectivity index (χ1) is 10.2. The molecule has 21 heavy (non-hydrogen) atoms. The molecule has 0 saturated heterocycles. The number of nitrogens with one attached hydrogen (secondary N) is 1. The lowest BCUT2D eigenvalue weighted by Crippen LogP contribution is -2.18. The van der Waals surface area contributed by atoms with Crippen LogP contribution in [0.4, 0.5) is 0 Å². The summed E-state index contributed by atoms with van der Waals surface area (Å²) in [5.74, 6) is 2.53. The number of hydrogen-bond donors (Lipinski definition) is 1. The molecule has 0 aliphatic heterocycles. The molecule has 0 spiro atoms. The number of benzene rings is 1. The Kier molecular flexibility index (Phi) is 5.71. The molecule has 0 amide bonds. The summed E-state index contributed by atoms with van der Waals surface area (Å²) in [6, 6.07) is 8.04. The van der Waals surface area contributed by atoms with Crippen LogP contribution in [-0.2, 0) is 24.9 Å². The smallest absolute Gasteiger partial charge is 0.170 e. The fourth-order valence-corrected chi connectivity index (χ4v) is 1.88. The lowest BCUT2D eigenvalue weighted by Gasteiger charge is -2.09. The Hall–Kier alpha value is -1.92. The number of ether oxygens (including phenoxy) is 2. The van der Waals surface area contributed by atoms with E-state index in [0.29, 0.717) is 13.2 Å². The van der Waals surface area contributed by atoms with Crippen molar-refractivity contribution in [1.29, 1.82) is 0 Å². The average Bonchev–Trinajstić information content (AvgIpc) is 2.82. The van der Waals surface area contributed by atoms with Crippen molar-refractivity contribution < 1.29 is 9.47 Å². The van der Waals surface area contributed by atoms with Gasteiger partial charge in [0.1, 0.15) is 18.2 Å². The Morgan fingerprint density at radius 1 is 1.29 bits per heavy atom.